The Kier molecular flexibility index (Phi) is 4.98. The number of rotatable bonds is 3. The van der Waals surface area contributed by atoms with Crippen LogP contribution in [-0.4, -0.2) is 37.6 Å². The Hall–Kier alpha value is -1.85. The van der Waals surface area contributed by atoms with Gasteiger partial charge in [0, 0.05) is 35.0 Å². The normalized spacial score (nSPS) is 15.3. The molecule has 0 saturated carbocycles. The summed E-state index contributed by atoms with van der Waals surface area (Å²) in [6.07, 6.45) is 1.69. The van der Waals surface area contributed by atoms with Crippen LogP contribution in [0.25, 0.3) is 0 Å². The second kappa shape index (κ2) is 7.15. The molecule has 0 amide bonds. The van der Waals surface area contributed by atoms with Crippen LogP contribution in [0.4, 0.5) is 11.4 Å². The van der Waals surface area contributed by atoms with E-state index in [4.69, 9.17) is 4.74 Å². The minimum Gasteiger partial charge on any atom is -0.507 e. The molecule has 1 aliphatic rings. The Balaban J connectivity index is 1.75. The Morgan fingerprint density at radius 3 is 2.57 bits per heavy atom. The summed E-state index contributed by atoms with van der Waals surface area (Å²) in [5.41, 5.74) is 3.57. The van der Waals surface area contributed by atoms with Gasteiger partial charge >= 0.3 is 0 Å². The molecule has 1 fully saturated rings. The van der Waals surface area contributed by atoms with Gasteiger partial charge in [0.25, 0.3) is 0 Å². The van der Waals surface area contributed by atoms with Crippen LogP contribution in [0.15, 0.2) is 45.9 Å². The van der Waals surface area contributed by atoms with Crippen molar-refractivity contribution in [2.75, 3.05) is 31.2 Å². The first-order valence-corrected chi connectivity index (χ1v) is 8.39. The Morgan fingerprint density at radius 2 is 1.87 bits per heavy atom. The second-order valence-electron chi connectivity index (χ2n) is 5.53. The number of morpholine rings is 1. The van der Waals surface area contributed by atoms with Gasteiger partial charge in [-0.1, -0.05) is 15.9 Å². The zero-order valence-electron chi connectivity index (χ0n) is 13.0. The molecule has 120 valence electrons. The molecule has 1 saturated heterocycles. The maximum atomic E-state index is 10.1. The largest absolute Gasteiger partial charge is 0.507 e. The third kappa shape index (κ3) is 3.92. The average Bonchev–Trinajstić information content (AvgIpc) is 2.58. The van der Waals surface area contributed by atoms with Crippen molar-refractivity contribution in [3.8, 4) is 5.75 Å². The number of halogens is 1. The number of nitrogens with zero attached hydrogens (tertiary/aromatic N) is 2. The third-order valence-electron chi connectivity index (χ3n) is 3.87. The molecule has 23 heavy (non-hydrogen) atoms. The number of aryl methyl sites for hydroxylation is 1. The fraction of sp³-hybridized carbons (Fsp3) is 0.278. The average molecular weight is 375 g/mol. The van der Waals surface area contributed by atoms with E-state index in [1.54, 1.807) is 6.21 Å². The van der Waals surface area contributed by atoms with Crippen molar-refractivity contribution in [3.05, 3.63) is 52.0 Å². The van der Waals surface area contributed by atoms with Crippen LogP contribution >= 0.6 is 15.9 Å². The topological polar surface area (TPSA) is 45.1 Å². The number of hydrogen-bond donors (Lipinski definition) is 1. The quantitative estimate of drug-likeness (QED) is 0.824. The first-order valence-electron chi connectivity index (χ1n) is 7.59. The lowest BCUT2D eigenvalue weighted by Crippen LogP contribution is -2.36. The first-order chi connectivity index (χ1) is 11.1. The van der Waals surface area contributed by atoms with Crippen LogP contribution in [0.1, 0.15) is 11.1 Å². The summed E-state index contributed by atoms with van der Waals surface area (Å²) in [6.45, 7) is 5.28. The van der Waals surface area contributed by atoms with E-state index in [0.29, 0.717) is 5.56 Å². The molecule has 3 rings (SSSR count). The van der Waals surface area contributed by atoms with E-state index in [1.807, 2.05) is 31.2 Å². The highest BCUT2D eigenvalue weighted by Crippen LogP contribution is 2.26. The highest BCUT2D eigenvalue weighted by molar-refractivity contribution is 9.10. The minimum atomic E-state index is 0.266. The third-order valence-corrected chi connectivity index (χ3v) is 4.33. The maximum absolute atomic E-state index is 10.1. The molecule has 0 atom stereocenters. The van der Waals surface area contributed by atoms with E-state index in [9.17, 15) is 5.11 Å². The summed E-state index contributed by atoms with van der Waals surface area (Å²) in [6, 6.07) is 11.9. The van der Waals surface area contributed by atoms with Gasteiger partial charge in [0.2, 0.25) is 0 Å². The fourth-order valence-corrected chi connectivity index (χ4v) is 3.17. The molecule has 1 N–H and O–H groups in total. The van der Waals surface area contributed by atoms with Crippen LogP contribution in [0.5, 0.6) is 5.75 Å². The lowest BCUT2D eigenvalue weighted by molar-refractivity contribution is 0.122. The van der Waals surface area contributed by atoms with Crippen molar-refractivity contribution >= 4 is 33.5 Å². The Morgan fingerprint density at radius 1 is 1.17 bits per heavy atom. The number of aromatic hydroxyl groups is 1. The van der Waals surface area contributed by atoms with Crippen molar-refractivity contribution < 1.29 is 9.84 Å². The minimum absolute atomic E-state index is 0.266. The monoisotopic (exact) mass is 374 g/mol. The van der Waals surface area contributed by atoms with Gasteiger partial charge in [0.05, 0.1) is 18.9 Å². The lowest BCUT2D eigenvalue weighted by atomic mass is 10.1. The van der Waals surface area contributed by atoms with Crippen LogP contribution in [-0.2, 0) is 4.74 Å². The smallest absolute Gasteiger partial charge is 0.127 e. The van der Waals surface area contributed by atoms with E-state index >= 15 is 0 Å². The number of phenols is 1. The fourth-order valence-electron chi connectivity index (χ4n) is 2.57. The molecular formula is C18H19BrN2O2. The van der Waals surface area contributed by atoms with Crippen molar-refractivity contribution in [2.45, 2.75) is 6.92 Å². The molecule has 0 unspecified atom stereocenters. The van der Waals surface area contributed by atoms with Gasteiger partial charge in [-0.3, -0.25) is 4.99 Å². The number of aliphatic imine (C=N–C) groups is 1. The molecule has 2 aromatic carbocycles. The highest BCUT2D eigenvalue weighted by atomic mass is 79.9. The van der Waals surface area contributed by atoms with Crippen LogP contribution in [0.3, 0.4) is 0 Å². The van der Waals surface area contributed by atoms with E-state index in [0.717, 1.165) is 42.0 Å². The molecule has 4 nitrogen and oxygen atoms in total. The Bertz CT molecular complexity index is 708. The van der Waals surface area contributed by atoms with Crippen molar-refractivity contribution in [1.29, 1.82) is 0 Å². The first kappa shape index (κ1) is 16.0. The SMILES string of the molecule is Cc1cc(Br)cc(C=Nc2ccc(N3CCOCC3)cc2)c1O. The molecule has 0 spiro atoms. The van der Waals surface area contributed by atoms with E-state index in [1.165, 1.54) is 5.69 Å². The molecule has 0 radical (unpaired) electrons. The van der Waals surface area contributed by atoms with E-state index < -0.39 is 0 Å². The molecule has 1 aliphatic heterocycles. The van der Waals surface area contributed by atoms with Crippen molar-refractivity contribution in [2.24, 2.45) is 4.99 Å². The molecule has 2 aromatic rings. The second-order valence-corrected chi connectivity index (χ2v) is 6.45. The van der Waals surface area contributed by atoms with Gasteiger partial charge in [-0.2, -0.15) is 0 Å². The summed E-state index contributed by atoms with van der Waals surface area (Å²) in [5, 5.41) is 10.1. The number of hydrogen-bond acceptors (Lipinski definition) is 4. The molecule has 0 aliphatic carbocycles. The standard InChI is InChI=1S/C18H19BrN2O2/c1-13-10-15(19)11-14(18(13)22)12-20-16-2-4-17(5-3-16)21-6-8-23-9-7-21/h2-5,10-12,22H,6-9H2,1H3. The highest BCUT2D eigenvalue weighted by Gasteiger charge is 2.10. The van der Waals surface area contributed by atoms with Crippen LogP contribution < -0.4 is 4.90 Å². The van der Waals surface area contributed by atoms with Gasteiger partial charge in [0.1, 0.15) is 5.75 Å². The number of ether oxygens (including phenoxy) is 1. The van der Waals surface area contributed by atoms with Gasteiger partial charge in [-0.25, -0.2) is 0 Å². The predicted molar refractivity (Wildman–Crippen MR) is 97.3 cm³/mol. The zero-order chi connectivity index (χ0) is 16.2. The van der Waals surface area contributed by atoms with Gasteiger partial charge in [0.15, 0.2) is 0 Å². The summed E-state index contributed by atoms with van der Waals surface area (Å²) in [4.78, 5) is 6.76. The number of anilines is 1. The predicted octanol–water partition coefficient (Wildman–Crippen LogP) is 4.05. The summed E-state index contributed by atoms with van der Waals surface area (Å²) in [5.74, 6) is 0.266. The van der Waals surface area contributed by atoms with Gasteiger partial charge in [-0.05, 0) is 48.9 Å². The maximum Gasteiger partial charge on any atom is 0.127 e. The lowest BCUT2D eigenvalue weighted by Gasteiger charge is -2.28. The van der Waals surface area contributed by atoms with E-state index in [-0.39, 0.29) is 5.75 Å². The van der Waals surface area contributed by atoms with Crippen molar-refractivity contribution in [3.63, 3.8) is 0 Å². The summed E-state index contributed by atoms with van der Waals surface area (Å²) in [7, 11) is 0. The Labute approximate surface area is 144 Å². The van der Waals surface area contributed by atoms with Crippen molar-refractivity contribution in [1.82, 2.24) is 0 Å². The number of phenolic OH excluding ortho intramolecular Hbond substituents is 1. The number of benzene rings is 2. The van der Waals surface area contributed by atoms with E-state index in [2.05, 4.69) is 38.0 Å². The molecule has 1 heterocycles. The van der Waals surface area contributed by atoms with Gasteiger partial charge < -0.3 is 14.7 Å². The molecule has 0 aromatic heterocycles. The molecular weight excluding hydrogens is 356 g/mol. The van der Waals surface area contributed by atoms with Crippen LogP contribution in [0.2, 0.25) is 0 Å². The van der Waals surface area contributed by atoms with Gasteiger partial charge in [-0.15, -0.1) is 0 Å². The molecule has 5 heteroatoms. The molecule has 0 bridgehead atoms. The zero-order valence-corrected chi connectivity index (χ0v) is 14.6. The summed E-state index contributed by atoms with van der Waals surface area (Å²) >= 11 is 3.44. The summed E-state index contributed by atoms with van der Waals surface area (Å²) < 4.78 is 6.30. The van der Waals surface area contributed by atoms with Crippen LogP contribution in [0, 0.1) is 6.92 Å².